The molecule has 1 aliphatic heterocycles. The first-order valence-electron chi connectivity index (χ1n) is 12.0. The van der Waals surface area contributed by atoms with Crippen LogP contribution in [0.15, 0.2) is 40.8 Å². The molecule has 186 valence electrons. The first-order valence-corrected chi connectivity index (χ1v) is 12.0. The fourth-order valence-electron chi connectivity index (χ4n) is 5.14. The van der Waals surface area contributed by atoms with Gasteiger partial charge in [0.05, 0.1) is 17.8 Å². The van der Waals surface area contributed by atoms with Gasteiger partial charge >= 0.3 is 6.18 Å². The van der Waals surface area contributed by atoms with Gasteiger partial charge in [0.1, 0.15) is 17.1 Å². The van der Waals surface area contributed by atoms with Crippen molar-refractivity contribution in [1.29, 1.82) is 0 Å². The van der Waals surface area contributed by atoms with Crippen molar-refractivity contribution in [3.63, 3.8) is 0 Å². The van der Waals surface area contributed by atoms with Crippen LogP contribution in [0, 0.1) is 0 Å². The van der Waals surface area contributed by atoms with Gasteiger partial charge in [-0.25, -0.2) is 0 Å². The topological polar surface area (TPSA) is 69.0 Å². The molecule has 35 heavy (non-hydrogen) atoms. The van der Waals surface area contributed by atoms with Crippen LogP contribution in [0.1, 0.15) is 35.3 Å². The molecule has 0 bridgehead atoms. The van der Waals surface area contributed by atoms with Crippen LogP contribution in [0.3, 0.4) is 0 Å². The summed E-state index contributed by atoms with van der Waals surface area (Å²) in [5, 5.41) is 14.1. The number of hydrogen-bond donors (Lipinski definition) is 2. The van der Waals surface area contributed by atoms with Crippen molar-refractivity contribution in [3.05, 3.63) is 58.8 Å². The zero-order valence-electron chi connectivity index (χ0n) is 19.3. The Balaban J connectivity index is 1.21. The maximum atomic E-state index is 13.2. The van der Waals surface area contributed by atoms with Gasteiger partial charge in [0.15, 0.2) is 0 Å². The quantitative estimate of drug-likeness (QED) is 0.542. The Morgan fingerprint density at radius 1 is 1.00 bits per heavy atom. The van der Waals surface area contributed by atoms with E-state index in [4.69, 9.17) is 4.42 Å². The predicted octanol–water partition coefficient (Wildman–Crippen LogP) is 4.79. The number of aromatic hydroxyl groups is 1. The summed E-state index contributed by atoms with van der Waals surface area (Å²) < 4.78 is 45.6. The van der Waals surface area contributed by atoms with Crippen molar-refractivity contribution < 1.29 is 27.5 Å². The molecule has 0 atom stereocenters. The molecule has 0 radical (unpaired) electrons. The van der Waals surface area contributed by atoms with E-state index in [0.29, 0.717) is 32.7 Å². The standard InChI is InChI=1S/C26H28F3N3O3/c27-26(28,29)19-6-2-3-7-20(19)30-24(34)16-32-13-11-31(12-14-32)15-18-21(33)9-10-23-25(18)17-5-1-4-8-22(17)35-23/h2-3,6-7,9-10,33H,1,4-5,8,11-16H2,(H,30,34). The van der Waals surface area contributed by atoms with Gasteiger partial charge < -0.3 is 14.8 Å². The van der Waals surface area contributed by atoms with Crippen LogP contribution in [0.2, 0.25) is 0 Å². The molecule has 1 amide bonds. The fourth-order valence-corrected chi connectivity index (χ4v) is 5.14. The fraction of sp³-hybridized carbons (Fsp3) is 0.423. The zero-order valence-corrected chi connectivity index (χ0v) is 19.3. The highest BCUT2D eigenvalue weighted by Crippen LogP contribution is 2.38. The van der Waals surface area contributed by atoms with Gasteiger partial charge in [-0.05, 0) is 43.5 Å². The summed E-state index contributed by atoms with van der Waals surface area (Å²) in [4.78, 5) is 16.6. The largest absolute Gasteiger partial charge is 0.508 e. The maximum Gasteiger partial charge on any atom is 0.418 e. The van der Waals surface area contributed by atoms with Crippen LogP contribution in [-0.4, -0.2) is 53.5 Å². The molecular weight excluding hydrogens is 459 g/mol. The number of fused-ring (bicyclic) bond motifs is 3. The number of carbonyl (C=O) groups is 1. The molecular formula is C26H28F3N3O3. The van der Waals surface area contributed by atoms with Gasteiger partial charge in [0.2, 0.25) is 5.91 Å². The number of piperazine rings is 1. The summed E-state index contributed by atoms with van der Waals surface area (Å²) in [5.41, 5.74) is 1.83. The van der Waals surface area contributed by atoms with Gasteiger partial charge in [0.25, 0.3) is 0 Å². The number of nitrogens with one attached hydrogen (secondary N) is 1. The van der Waals surface area contributed by atoms with E-state index in [1.54, 1.807) is 6.07 Å². The second kappa shape index (κ2) is 9.54. The summed E-state index contributed by atoms with van der Waals surface area (Å²) >= 11 is 0. The lowest BCUT2D eigenvalue weighted by Crippen LogP contribution is -2.48. The Hall–Kier alpha value is -3.04. The lowest BCUT2D eigenvalue weighted by atomic mass is 9.93. The molecule has 2 aromatic carbocycles. The van der Waals surface area contributed by atoms with Crippen LogP contribution in [0.25, 0.3) is 11.0 Å². The normalized spacial score (nSPS) is 17.5. The second-order valence-corrected chi connectivity index (χ2v) is 9.29. The lowest BCUT2D eigenvalue weighted by Gasteiger charge is -2.34. The molecule has 2 heterocycles. The number of nitrogens with zero attached hydrogens (tertiary/aromatic N) is 2. The average Bonchev–Trinajstić information content (AvgIpc) is 3.20. The Morgan fingerprint density at radius 2 is 1.71 bits per heavy atom. The summed E-state index contributed by atoms with van der Waals surface area (Å²) in [7, 11) is 0. The molecule has 1 fully saturated rings. The zero-order chi connectivity index (χ0) is 24.6. The van der Waals surface area contributed by atoms with Gasteiger partial charge in [-0.15, -0.1) is 0 Å². The summed E-state index contributed by atoms with van der Waals surface area (Å²) in [6, 6.07) is 8.51. The van der Waals surface area contributed by atoms with E-state index in [2.05, 4.69) is 10.2 Å². The molecule has 1 saturated heterocycles. The Morgan fingerprint density at radius 3 is 2.49 bits per heavy atom. The molecule has 0 saturated carbocycles. The number of halogens is 3. The van der Waals surface area contributed by atoms with E-state index in [1.165, 1.54) is 23.8 Å². The average molecular weight is 488 g/mol. The molecule has 0 spiro atoms. The minimum atomic E-state index is -4.53. The van der Waals surface area contributed by atoms with Crippen LogP contribution in [0.4, 0.5) is 18.9 Å². The predicted molar refractivity (Wildman–Crippen MR) is 126 cm³/mol. The van der Waals surface area contributed by atoms with E-state index in [9.17, 15) is 23.1 Å². The van der Waals surface area contributed by atoms with Crippen molar-refractivity contribution in [1.82, 2.24) is 9.80 Å². The van der Waals surface area contributed by atoms with Gasteiger partial charge in [0, 0.05) is 55.7 Å². The first kappa shape index (κ1) is 23.7. The van der Waals surface area contributed by atoms with Crippen molar-refractivity contribution in [2.75, 3.05) is 38.0 Å². The number of benzene rings is 2. The molecule has 9 heteroatoms. The number of carbonyl (C=O) groups excluding carboxylic acids is 1. The number of rotatable bonds is 5. The molecule has 2 N–H and O–H groups in total. The van der Waals surface area contributed by atoms with E-state index in [1.807, 2.05) is 11.0 Å². The summed E-state index contributed by atoms with van der Waals surface area (Å²) in [6.45, 7) is 3.18. The molecule has 0 unspecified atom stereocenters. The molecule has 3 aromatic rings. The molecule has 1 aromatic heterocycles. The Labute approximate surface area is 201 Å². The number of hydrogen-bond acceptors (Lipinski definition) is 5. The number of phenols is 1. The van der Waals surface area contributed by atoms with Crippen molar-refractivity contribution in [3.8, 4) is 5.75 Å². The summed E-state index contributed by atoms with van der Waals surface area (Å²) in [6.07, 6.45) is -0.411. The van der Waals surface area contributed by atoms with Crippen LogP contribution in [0.5, 0.6) is 5.75 Å². The number of phenolic OH excluding ortho intramolecular Hbond substituents is 1. The lowest BCUT2D eigenvalue weighted by molar-refractivity contribution is -0.137. The van der Waals surface area contributed by atoms with Crippen LogP contribution < -0.4 is 5.32 Å². The maximum absolute atomic E-state index is 13.2. The minimum Gasteiger partial charge on any atom is -0.508 e. The number of anilines is 1. The molecule has 5 rings (SSSR count). The number of furan rings is 1. The number of aryl methyl sites for hydroxylation is 2. The molecule has 2 aliphatic rings. The van der Waals surface area contributed by atoms with E-state index < -0.39 is 17.6 Å². The highest BCUT2D eigenvalue weighted by molar-refractivity contribution is 5.93. The molecule has 1 aliphatic carbocycles. The minimum absolute atomic E-state index is 0.0239. The van der Waals surface area contributed by atoms with Gasteiger partial charge in [-0.3, -0.25) is 14.6 Å². The smallest absolute Gasteiger partial charge is 0.418 e. The van der Waals surface area contributed by atoms with E-state index in [-0.39, 0.29) is 18.0 Å². The van der Waals surface area contributed by atoms with Crippen LogP contribution in [-0.2, 0) is 30.4 Å². The summed E-state index contributed by atoms with van der Waals surface area (Å²) in [5.74, 6) is 0.820. The number of para-hydroxylation sites is 1. The number of amides is 1. The highest BCUT2D eigenvalue weighted by Gasteiger charge is 2.33. The molecule has 6 nitrogen and oxygen atoms in total. The third-order valence-corrected chi connectivity index (χ3v) is 6.92. The van der Waals surface area contributed by atoms with Crippen molar-refractivity contribution in [2.45, 2.75) is 38.4 Å². The Kier molecular flexibility index (Phi) is 6.46. The second-order valence-electron chi connectivity index (χ2n) is 9.29. The third kappa shape index (κ3) is 5.01. The first-order chi connectivity index (χ1) is 16.8. The van der Waals surface area contributed by atoms with Gasteiger partial charge in [-0.1, -0.05) is 12.1 Å². The van der Waals surface area contributed by atoms with Crippen molar-refractivity contribution >= 4 is 22.6 Å². The highest BCUT2D eigenvalue weighted by atomic mass is 19.4. The SMILES string of the molecule is O=C(CN1CCN(Cc2c(O)ccc3oc4c(c23)CCCC4)CC1)Nc1ccccc1C(F)(F)F. The van der Waals surface area contributed by atoms with E-state index >= 15 is 0 Å². The Bertz CT molecular complexity index is 1230. The van der Waals surface area contributed by atoms with E-state index in [0.717, 1.165) is 54.0 Å². The van der Waals surface area contributed by atoms with Gasteiger partial charge in [-0.2, -0.15) is 13.2 Å². The van der Waals surface area contributed by atoms with Crippen molar-refractivity contribution in [2.24, 2.45) is 0 Å². The monoisotopic (exact) mass is 487 g/mol. The van der Waals surface area contributed by atoms with Crippen LogP contribution >= 0.6 is 0 Å². The third-order valence-electron chi connectivity index (χ3n) is 6.92. The number of alkyl halides is 3.